The average Bonchev–Trinajstić information content (AvgIpc) is 2.76. The van der Waals surface area contributed by atoms with Crippen LogP contribution in [-0.4, -0.2) is 0 Å². The lowest BCUT2D eigenvalue weighted by molar-refractivity contribution is 0.379. The molecule has 0 saturated carbocycles. The first-order valence-corrected chi connectivity index (χ1v) is 6.50. The number of aryl methyl sites for hydroxylation is 1. The molecule has 0 fully saturated rings. The maximum absolute atomic E-state index is 5.59. The van der Waals surface area contributed by atoms with Crippen LogP contribution >= 0.6 is 0 Å². The number of rotatable bonds is 5. The molecule has 0 aliphatic rings. The highest BCUT2D eigenvalue weighted by Crippen LogP contribution is 2.22. The van der Waals surface area contributed by atoms with Crippen molar-refractivity contribution < 1.29 is 4.42 Å². The molecule has 1 atom stereocenters. The van der Waals surface area contributed by atoms with Gasteiger partial charge in [0.1, 0.15) is 11.5 Å². The third-order valence-corrected chi connectivity index (χ3v) is 3.12. The molecule has 0 aliphatic carbocycles. The third-order valence-electron chi connectivity index (χ3n) is 3.12. The van der Waals surface area contributed by atoms with E-state index in [1.165, 1.54) is 5.56 Å². The first-order valence-electron chi connectivity index (χ1n) is 6.50. The van der Waals surface area contributed by atoms with Crippen LogP contribution in [0.4, 0.5) is 0 Å². The Kier molecular flexibility index (Phi) is 4.21. The molecule has 96 valence electrons. The Hall–Kier alpha value is -1.54. The highest BCUT2D eigenvalue weighted by Gasteiger charge is 2.15. The second-order valence-electron chi connectivity index (χ2n) is 5.03. The van der Waals surface area contributed by atoms with Crippen molar-refractivity contribution in [2.75, 3.05) is 0 Å². The van der Waals surface area contributed by atoms with Gasteiger partial charge in [0.25, 0.3) is 0 Å². The topological polar surface area (TPSA) is 25.2 Å². The van der Waals surface area contributed by atoms with Crippen LogP contribution < -0.4 is 5.32 Å². The molecule has 0 spiro atoms. The Balaban J connectivity index is 2.03. The van der Waals surface area contributed by atoms with Gasteiger partial charge in [-0.05, 0) is 30.5 Å². The SMILES string of the molecule is Cc1ccc(CNC(c2ccccc2)C(C)C)o1. The zero-order valence-corrected chi connectivity index (χ0v) is 11.3. The lowest BCUT2D eigenvalue weighted by Gasteiger charge is -2.22. The van der Waals surface area contributed by atoms with Crippen LogP contribution in [0.2, 0.25) is 0 Å². The van der Waals surface area contributed by atoms with Crippen LogP contribution in [0.5, 0.6) is 0 Å². The summed E-state index contributed by atoms with van der Waals surface area (Å²) in [7, 11) is 0. The minimum absolute atomic E-state index is 0.358. The molecular formula is C16H21NO. The average molecular weight is 243 g/mol. The summed E-state index contributed by atoms with van der Waals surface area (Å²) < 4.78 is 5.59. The molecule has 2 aromatic rings. The molecule has 2 heteroatoms. The smallest absolute Gasteiger partial charge is 0.117 e. The highest BCUT2D eigenvalue weighted by atomic mass is 16.3. The van der Waals surface area contributed by atoms with Gasteiger partial charge >= 0.3 is 0 Å². The Morgan fingerprint density at radius 2 is 1.78 bits per heavy atom. The van der Waals surface area contributed by atoms with Crippen molar-refractivity contribution >= 4 is 0 Å². The van der Waals surface area contributed by atoms with E-state index < -0.39 is 0 Å². The summed E-state index contributed by atoms with van der Waals surface area (Å²) in [5.41, 5.74) is 1.33. The van der Waals surface area contributed by atoms with E-state index >= 15 is 0 Å². The summed E-state index contributed by atoms with van der Waals surface area (Å²) in [5.74, 6) is 2.50. The predicted octanol–water partition coefficient (Wildman–Crippen LogP) is 4.07. The van der Waals surface area contributed by atoms with Crippen molar-refractivity contribution in [3.8, 4) is 0 Å². The molecule has 1 heterocycles. The van der Waals surface area contributed by atoms with Crippen molar-refractivity contribution in [1.29, 1.82) is 0 Å². The molecular weight excluding hydrogens is 222 g/mol. The van der Waals surface area contributed by atoms with Crippen molar-refractivity contribution in [2.45, 2.75) is 33.4 Å². The van der Waals surface area contributed by atoms with Crippen LogP contribution in [0.15, 0.2) is 46.9 Å². The standard InChI is InChI=1S/C16H21NO/c1-12(2)16(14-7-5-4-6-8-14)17-11-15-10-9-13(3)18-15/h4-10,12,16-17H,11H2,1-3H3. The van der Waals surface area contributed by atoms with Crippen LogP contribution in [0, 0.1) is 12.8 Å². The summed E-state index contributed by atoms with van der Waals surface area (Å²) in [6, 6.07) is 15.0. The van der Waals surface area contributed by atoms with E-state index in [1.807, 2.05) is 19.1 Å². The Bertz CT molecular complexity index is 473. The van der Waals surface area contributed by atoms with Gasteiger partial charge in [0, 0.05) is 6.04 Å². The van der Waals surface area contributed by atoms with Gasteiger partial charge in [0.2, 0.25) is 0 Å². The van der Waals surface area contributed by atoms with E-state index in [1.54, 1.807) is 0 Å². The van der Waals surface area contributed by atoms with Crippen molar-refractivity contribution in [3.05, 3.63) is 59.5 Å². The molecule has 2 nitrogen and oxygen atoms in total. The second kappa shape index (κ2) is 5.87. The van der Waals surface area contributed by atoms with E-state index in [2.05, 4.69) is 49.5 Å². The molecule has 1 aromatic heterocycles. The van der Waals surface area contributed by atoms with Gasteiger partial charge in [-0.25, -0.2) is 0 Å². The van der Waals surface area contributed by atoms with E-state index in [4.69, 9.17) is 4.42 Å². The molecule has 18 heavy (non-hydrogen) atoms. The van der Waals surface area contributed by atoms with Gasteiger partial charge in [0.15, 0.2) is 0 Å². The van der Waals surface area contributed by atoms with Gasteiger partial charge in [0.05, 0.1) is 6.54 Å². The summed E-state index contributed by atoms with van der Waals surface area (Å²) in [4.78, 5) is 0. The molecule has 0 saturated heterocycles. The minimum Gasteiger partial charge on any atom is -0.465 e. The molecule has 1 aromatic carbocycles. The zero-order chi connectivity index (χ0) is 13.0. The lowest BCUT2D eigenvalue weighted by Crippen LogP contribution is -2.25. The first kappa shape index (κ1) is 12.9. The van der Waals surface area contributed by atoms with Crippen molar-refractivity contribution in [2.24, 2.45) is 5.92 Å². The monoisotopic (exact) mass is 243 g/mol. The van der Waals surface area contributed by atoms with Crippen molar-refractivity contribution in [1.82, 2.24) is 5.32 Å². The normalized spacial score (nSPS) is 12.9. The van der Waals surface area contributed by atoms with Crippen LogP contribution in [0.25, 0.3) is 0 Å². The summed E-state index contributed by atoms with van der Waals surface area (Å²) in [6.45, 7) is 7.21. The Morgan fingerprint density at radius 1 is 1.06 bits per heavy atom. The fourth-order valence-corrected chi connectivity index (χ4v) is 2.19. The zero-order valence-electron chi connectivity index (χ0n) is 11.3. The van der Waals surface area contributed by atoms with E-state index in [9.17, 15) is 0 Å². The Morgan fingerprint density at radius 3 is 2.33 bits per heavy atom. The molecule has 0 radical (unpaired) electrons. The van der Waals surface area contributed by atoms with Crippen LogP contribution in [-0.2, 0) is 6.54 Å². The van der Waals surface area contributed by atoms with Gasteiger partial charge in [-0.15, -0.1) is 0 Å². The molecule has 0 aliphatic heterocycles. The van der Waals surface area contributed by atoms with Crippen molar-refractivity contribution in [3.63, 3.8) is 0 Å². The molecule has 1 unspecified atom stereocenters. The molecule has 1 N–H and O–H groups in total. The van der Waals surface area contributed by atoms with Gasteiger partial charge in [-0.1, -0.05) is 44.2 Å². The number of hydrogen-bond donors (Lipinski definition) is 1. The number of hydrogen-bond acceptors (Lipinski definition) is 2. The fourth-order valence-electron chi connectivity index (χ4n) is 2.19. The molecule has 0 bridgehead atoms. The molecule has 0 amide bonds. The maximum atomic E-state index is 5.59. The quantitative estimate of drug-likeness (QED) is 0.856. The summed E-state index contributed by atoms with van der Waals surface area (Å²) in [5, 5.41) is 3.57. The summed E-state index contributed by atoms with van der Waals surface area (Å²) in [6.07, 6.45) is 0. The van der Waals surface area contributed by atoms with E-state index in [0.717, 1.165) is 18.1 Å². The van der Waals surface area contributed by atoms with E-state index in [-0.39, 0.29) is 0 Å². The predicted molar refractivity (Wildman–Crippen MR) is 74.3 cm³/mol. The summed E-state index contributed by atoms with van der Waals surface area (Å²) >= 11 is 0. The first-order chi connectivity index (χ1) is 8.66. The number of nitrogens with one attached hydrogen (secondary N) is 1. The fraction of sp³-hybridized carbons (Fsp3) is 0.375. The van der Waals surface area contributed by atoms with Crippen LogP contribution in [0.1, 0.15) is 37.0 Å². The molecule has 2 rings (SSSR count). The lowest BCUT2D eigenvalue weighted by atomic mass is 9.96. The number of furan rings is 1. The maximum Gasteiger partial charge on any atom is 0.117 e. The largest absolute Gasteiger partial charge is 0.465 e. The van der Waals surface area contributed by atoms with Gasteiger partial charge in [-0.3, -0.25) is 0 Å². The number of benzene rings is 1. The van der Waals surface area contributed by atoms with Gasteiger partial charge in [-0.2, -0.15) is 0 Å². The Labute approximate surface area is 109 Å². The van der Waals surface area contributed by atoms with Gasteiger partial charge < -0.3 is 9.73 Å². The third kappa shape index (κ3) is 3.23. The van der Waals surface area contributed by atoms with E-state index in [0.29, 0.717) is 12.0 Å². The minimum atomic E-state index is 0.358. The van der Waals surface area contributed by atoms with Crippen LogP contribution in [0.3, 0.4) is 0 Å². The highest BCUT2D eigenvalue weighted by molar-refractivity contribution is 5.19. The second-order valence-corrected chi connectivity index (χ2v) is 5.03.